The lowest BCUT2D eigenvalue weighted by Crippen LogP contribution is -2.37. The summed E-state index contributed by atoms with van der Waals surface area (Å²) in [5.41, 5.74) is 1.17. The number of aromatic nitrogens is 1. The van der Waals surface area contributed by atoms with E-state index in [2.05, 4.69) is 46.8 Å². The molecule has 22 heavy (non-hydrogen) atoms. The molecule has 1 aromatic heterocycles. The number of ether oxygens (including phenoxy) is 1. The maximum absolute atomic E-state index is 5.30. The highest BCUT2D eigenvalue weighted by atomic mass is 127. The first-order valence-electron chi connectivity index (χ1n) is 7.44. The van der Waals surface area contributed by atoms with Gasteiger partial charge in [-0.05, 0) is 13.3 Å². The van der Waals surface area contributed by atoms with Gasteiger partial charge < -0.3 is 15.4 Å². The highest BCUT2D eigenvalue weighted by molar-refractivity contribution is 14.0. The van der Waals surface area contributed by atoms with E-state index in [1.54, 1.807) is 18.4 Å². The second-order valence-electron chi connectivity index (χ2n) is 5.80. The monoisotopic (exact) mass is 440 g/mol. The molecule has 0 amide bonds. The fraction of sp³-hybridized carbons (Fsp3) is 0.733. The van der Waals surface area contributed by atoms with Crippen molar-refractivity contribution >= 4 is 41.3 Å². The first-order chi connectivity index (χ1) is 9.97. The third kappa shape index (κ3) is 8.28. The minimum absolute atomic E-state index is 0. The van der Waals surface area contributed by atoms with Crippen molar-refractivity contribution in [1.82, 2.24) is 15.6 Å². The standard InChI is InChI=1S/C15H28N4OS.HI/c1-6-20-9-7-8-17-14(16-5)18-10-12-11-21-13(19-12)15(2,3)4;/h11H,6-10H2,1-5H3,(H2,16,17,18);1H. The van der Waals surface area contributed by atoms with Crippen LogP contribution in [0.2, 0.25) is 0 Å². The molecular formula is C15H29IN4OS. The van der Waals surface area contributed by atoms with Gasteiger partial charge in [0.2, 0.25) is 0 Å². The van der Waals surface area contributed by atoms with Crippen LogP contribution >= 0.6 is 35.3 Å². The number of nitrogens with one attached hydrogen (secondary N) is 2. The predicted molar refractivity (Wildman–Crippen MR) is 106 cm³/mol. The van der Waals surface area contributed by atoms with Gasteiger partial charge in [-0.2, -0.15) is 0 Å². The summed E-state index contributed by atoms with van der Waals surface area (Å²) in [7, 11) is 1.78. The number of thiazole rings is 1. The normalized spacial score (nSPS) is 12.0. The summed E-state index contributed by atoms with van der Waals surface area (Å²) in [6, 6.07) is 0. The lowest BCUT2D eigenvalue weighted by Gasteiger charge is -2.14. The zero-order chi connectivity index (χ0) is 15.7. The quantitative estimate of drug-likeness (QED) is 0.296. The summed E-state index contributed by atoms with van der Waals surface area (Å²) >= 11 is 1.71. The second-order valence-corrected chi connectivity index (χ2v) is 6.66. The summed E-state index contributed by atoms with van der Waals surface area (Å²) in [6.45, 7) is 11.6. The van der Waals surface area contributed by atoms with Crippen LogP contribution in [0.1, 0.15) is 44.8 Å². The van der Waals surface area contributed by atoms with E-state index < -0.39 is 0 Å². The molecule has 0 atom stereocenters. The Labute approximate surface area is 155 Å². The van der Waals surface area contributed by atoms with Gasteiger partial charge in [-0.15, -0.1) is 35.3 Å². The van der Waals surface area contributed by atoms with Crippen LogP contribution in [-0.2, 0) is 16.7 Å². The fourth-order valence-electron chi connectivity index (χ4n) is 1.65. The van der Waals surface area contributed by atoms with E-state index >= 15 is 0 Å². The van der Waals surface area contributed by atoms with E-state index in [0.29, 0.717) is 6.54 Å². The number of aliphatic imine (C=N–C) groups is 1. The Hall–Kier alpha value is -0.410. The number of hydrogen-bond acceptors (Lipinski definition) is 4. The predicted octanol–water partition coefficient (Wildman–Crippen LogP) is 3.15. The first kappa shape index (κ1) is 21.6. The van der Waals surface area contributed by atoms with Crippen LogP contribution in [0, 0.1) is 0 Å². The van der Waals surface area contributed by atoms with Gasteiger partial charge in [0.1, 0.15) is 0 Å². The molecule has 0 aliphatic heterocycles. The summed E-state index contributed by atoms with van der Waals surface area (Å²) in [6.07, 6.45) is 0.972. The molecule has 0 saturated carbocycles. The number of nitrogens with zero attached hydrogens (tertiary/aromatic N) is 2. The molecule has 7 heteroatoms. The molecule has 1 aromatic rings. The Kier molecular flexibility index (Phi) is 11.0. The number of halogens is 1. The number of guanidine groups is 1. The Balaban J connectivity index is 0.00000441. The van der Waals surface area contributed by atoms with Gasteiger partial charge in [0.15, 0.2) is 5.96 Å². The van der Waals surface area contributed by atoms with Gasteiger partial charge >= 0.3 is 0 Å². The fourth-order valence-corrected chi connectivity index (χ4v) is 2.56. The van der Waals surface area contributed by atoms with Gasteiger partial charge in [0, 0.05) is 37.6 Å². The van der Waals surface area contributed by atoms with Crippen molar-refractivity contribution < 1.29 is 4.74 Å². The third-order valence-corrected chi connectivity index (χ3v) is 4.13. The van der Waals surface area contributed by atoms with Gasteiger partial charge in [-0.1, -0.05) is 20.8 Å². The maximum atomic E-state index is 5.30. The molecule has 0 radical (unpaired) electrons. The summed E-state index contributed by atoms with van der Waals surface area (Å²) in [4.78, 5) is 8.87. The molecule has 0 fully saturated rings. The van der Waals surface area contributed by atoms with E-state index in [4.69, 9.17) is 4.74 Å². The molecular weight excluding hydrogens is 411 g/mol. The zero-order valence-electron chi connectivity index (χ0n) is 14.2. The second kappa shape index (κ2) is 11.2. The largest absolute Gasteiger partial charge is 0.382 e. The lowest BCUT2D eigenvalue weighted by molar-refractivity contribution is 0.145. The Morgan fingerprint density at radius 2 is 2.09 bits per heavy atom. The molecule has 1 rings (SSSR count). The molecule has 0 saturated heterocycles. The third-order valence-electron chi connectivity index (χ3n) is 2.82. The van der Waals surface area contributed by atoms with Crippen molar-refractivity contribution in [2.75, 3.05) is 26.8 Å². The molecule has 2 N–H and O–H groups in total. The smallest absolute Gasteiger partial charge is 0.191 e. The highest BCUT2D eigenvalue weighted by Crippen LogP contribution is 2.25. The molecule has 0 bridgehead atoms. The Morgan fingerprint density at radius 1 is 1.36 bits per heavy atom. The molecule has 0 spiro atoms. The van der Waals surface area contributed by atoms with Crippen LogP contribution in [0.25, 0.3) is 0 Å². The Morgan fingerprint density at radius 3 is 2.64 bits per heavy atom. The van der Waals surface area contributed by atoms with Crippen LogP contribution in [0.3, 0.4) is 0 Å². The molecule has 0 aliphatic rings. The number of rotatable bonds is 7. The topological polar surface area (TPSA) is 58.5 Å². The Bertz CT molecular complexity index is 443. The molecule has 1 heterocycles. The summed E-state index contributed by atoms with van der Waals surface area (Å²) in [5.74, 6) is 0.803. The molecule has 0 aromatic carbocycles. The summed E-state index contributed by atoms with van der Waals surface area (Å²) in [5, 5.41) is 9.83. The molecule has 128 valence electrons. The van der Waals surface area contributed by atoms with Crippen LogP contribution < -0.4 is 10.6 Å². The van der Waals surface area contributed by atoms with Gasteiger partial charge in [0.05, 0.1) is 17.2 Å². The SMILES string of the molecule is CCOCCCNC(=NC)NCc1csc(C(C)(C)C)n1.I. The van der Waals surface area contributed by atoms with Crippen molar-refractivity contribution in [1.29, 1.82) is 0 Å². The molecule has 0 unspecified atom stereocenters. The highest BCUT2D eigenvalue weighted by Gasteiger charge is 2.17. The van der Waals surface area contributed by atoms with Gasteiger partial charge in [-0.25, -0.2) is 4.98 Å². The molecule has 5 nitrogen and oxygen atoms in total. The lowest BCUT2D eigenvalue weighted by atomic mass is 9.98. The minimum atomic E-state index is 0. The van der Waals surface area contributed by atoms with Crippen molar-refractivity contribution in [2.24, 2.45) is 4.99 Å². The van der Waals surface area contributed by atoms with Gasteiger partial charge in [-0.3, -0.25) is 4.99 Å². The van der Waals surface area contributed by atoms with Crippen LogP contribution in [0.15, 0.2) is 10.4 Å². The van der Waals surface area contributed by atoms with E-state index in [-0.39, 0.29) is 29.4 Å². The van der Waals surface area contributed by atoms with E-state index in [1.807, 2.05) is 6.92 Å². The average molecular weight is 440 g/mol. The van der Waals surface area contributed by atoms with Crippen LogP contribution in [-0.4, -0.2) is 37.7 Å². The average Bonchev–Trinajstić information content (AvgIpc) is 2.91. The van der Waals surface area contributed by atoms with Crippen molar-refractivity contribution in [3.63, 3.8) is 0 Å². The van der Waals surface area contributed by atoms with Crippen LogP contribution in [0.5, 0.6) is 0 Å². The van der Waals surface area contributed by atoms with Crippen molar-refractivity contribution in [2.45, 2.75) is 46.1 Å². The van der Waals surface area contributed by atoms with Crippen LogP contribution in [0.4, 0.5) is 0 Å². The van der Waals surface area contributed by atoms with Gasteiger partial charge in [0.25, 0.3) is 0 Å². The van der Waals surface area contributed by atoms with Crippen molar-refractivity contribution in [3.8, 4) is 0 Å². The molecule has 0 aliphatic carbocycles. The zero-order valence-corrected chi connectivity index (χ0v) is 17.4. The van der Waals surface area contributed by atoms with Crippen molar-refractivity contribution in [3.05, 3.63) is 16.1 Å². The minimum Gasteiger partial charge on any atom is -0.382 e. The first-order valence-corrected chi connectivity index (χ1v) is 8.32. The van der Waals surface area contributed by atoms with E-state index in [9.17, 15) is 0 Å². The number of hydrogen-bond donors (Lipinski definition) is 2. The maximum Gasteiger partial charge on any atom is 0.191 e. The summed E-state index contributed by atoms with van der Waals surface area (Å²) < 4.78 is 5.30. The van der Waals surface area contributed by atoms with E-state index in [0.717, 1.165) is 37.8 Å². The van der Waals surface area contributed by atoms with E-state index in [1.165, 1.54) is 5.01 Å².